The van der Waals surface area contributed by atoms with Crippen molar-refractivity contribution in [2.45, 2.75) is 16.7 Å². The van der Waals surface area contributed by atoms with Crippen molar-refractivity contribution in [3.05, 3.63) is 11.2 Å². The van der Waals surface area contributed by atoms with Crippen LogP contribution >= 0.6 is 23.1 Å². The first kappa shape index (κ1) is 9.98. The van der Waals surface area contributed by atoms with Gasteiger partial charge in [-0.3, -0.25) is 0 Å². The van der Waals surface area contributed by atoms with Crippen molar-refractivity contribution in [2.75, 3.05) is 12.8 Å². The molecule has 3 nitrogen and oxygen atoms in total. The zero-order chi connectivity index (χ0) is 8.97. The van der Waals surface area contributed by atoms with Crippen molar-refractivity contribution in [2.24, 2.45) is 5.73 Å². The van der Waals surface area contributed by atoms with Crippen LogP contribution in [0, 0.1) is 0 Å². The summed E-state index contributed by atoms with van der Waals surface area (Å²) >= 11 is 3.17. The van der Waals surface area contributed by atoms with E-state index in [1.54, 1.807) is 18.0 Å². The van der Waals surface area contributed by atoms with Crippen LogP contribution in [0.4, 0.5) is 0 Å². The molecule has 0 saturated carbocycles. The fourth-order valence-electron chi connectivity index (χ4n) is 0.802. The van der Waals surface area contributed by atoms with Crippen LogP contribution in [-0.2, 0) is 0 Å². The number of nitrogens with zero attached hydrogens (tertiary/aromatic N) is 1. The van der Waals surface area contributed by atoms with E-state index in [4.69, 9.17) is 5.73 Å². The van der Waals surface area contributed by atoms with Crippen LogP contribution in [-0.4, -0.2) is 22.9 Å². The van der Waals surface area contributed by atoms with Gasteiger partial charge in [0, 0.05) is 0 Å². The third-order valence-corrected chi connectivity index (χ3v) is 3.58. The van der Waals surface area contributed by atoms with Crippen molar-refractivity contribution in [3.8, 4) is 0 Å². The van der Waals surface area contributed by atoms with E-state index in [1.165, 1.54) is 11.3 Å². The normalized spacial score (nSPS) is 13.2. The molecule has 0 bridgehead atoms. The minimum atomic E-state index is -0.485. The van der Waals surface area contributed by atoms with Gasteiger partial charge in [0.15, 0.2) is 0 Å². The summed E-state index contributed by atoms with van der Waals surface area (Å²) in [4.78, 5) is 4.10. The van der Waals surface area contributed by atoms with Crippen molar-refractivity contribution in [1.29, 1.82) is 0 Å². The molecule has 0 fully saturated rings. The van der Waals surface area contributed by atoms with Gasteiger partial charge in [-0.1, -0.05) is 0 Å². The second-order valence-electron chi connectivity index (χ2n) is 2.31. The van der Waals surface area contributed by atoms with E-state index in [0.29, 0.717) is 13.0 Å². The number of aliphatic hydroxyl groups is 1. The quantitative estimate of drug-likeness (QED) is 0.725. The number of nitrogens with two attached hydrogens (primary N) is 1. The number of aromatic nitrogens is 1. The zero-order valence-electron chi connectivity index (χ0n) is 6.86. The van der Waals surface area contributed by atoms with Gasteiger partial charge in [-0.05, 0) is 19.2 Å². The molecule has 0 aliphatic rings. The lowest BCUT2D eigenvalue weighted by molar-refractivity contribution is 0.170. The summed E-state index contributed by atoms with van der Waals surface area (Å²) in [5.41, 5.74) is 5.32. The van der Waals surface area contributed by atoms with Gasteiger partial charge in [0.25, 0.3) is 0 Å². The maximum atomic E-state index is 9.49. The van der Waals surface area contributed by atoms with Gasteiger partial charge < -0.3 is 10.8 Å². The first-order valence-corrected chi connectivity index (χ1v) is 5.70. The highest BCUT2D eigenvalue weighted by Crippen LogP contribution is 2.27. The summed E-state index contributed by atoms with van der Waals surface area (Å²) in [7, 11) is 0. The summed E-state index contributed by atoms with van der Waals surface area (Å²) in [5, 5.41) is 10.3. The van der Waals surface area contributed by atoms with Crippen LogP contribution in [0.25, 0.3) is 0 Å². The van der Waals surface area contributed by atoms with Gasteiger partial charge in [-0.25, -0.2) is 4.98 Å². The van der Waals surface area contributed by atoms with Gasteiger partial charge in [-0.2, -0.15) is 0 Å². The largest absolute Gasteiger partial charge is 0.386 e. The Morgan fingerprint density at radius 3 is 3.08 bits per heavy atom. The molecule has 68 valence electrons. The van der Waals surface area contributed by atoms with Crippen molar-refractivity contribution >= 4 is 23.1 Å². The predicted octanol–water partition coefficient (Wildman–Crippen LogP) is 1.25. The number of hydrogen-bond acceptors (Lipinski definition) is 5. The molecule has 1 aromatic heterocycles. The molecule has 1 aromatic rings. The Morgan fingerprint density at radius 2 is 2.58 bits per heavy atom. The molecule has 1 rings (SSSR count). The predicted molar refractivity (Wildman–Crippen MR) is 52.5 cm³/mol. The lowest BCUT2D eigenvalue weighted by Crippen LogP contribution is -2.06. The van der Waals surface area contributed by atoms with Crippen LogP contribution in [0.5, 0.6) is 0 Å². The average Bonchev–Trinajstić information content (AvgIpc) is 2.52. The molecule has 0 aliphatic carbocycles. The Balaban J connectivity index is 2.61. The molecule has 0 saturated heterocycles. The number of thioether (sulfide) groups is 1. The number of rotatable bonds is 4. The minimum absolute atomic E-state index is 0.485. The first-order chi connectivity index (χ1) is 5.77. The molecule has 12 heavy (non-hydrogen) atoms. The number of thiazole rings is 1. The maximum Gasteiger partial charge on any atom is 0.122 e. The Hall–Kier alpha value is -0.100. The summed E-state index contributed by atoms with van der Waals surface area (Å²) in [6.07, 6.45) is 3.87. The SMILES string of the molecule is CSc1cnc(C(O)CCN)s1. The second-order valence-corrected chi connectivity index (χ2v) is 4.48. The smallest absolute Gasteiger partial charge is 0.122 e. The van der Waals surface area contributed by atoms with Gasteiger partial charge in [0.2, 0.25) is 0 Å². The van der Waals surface area contributed by atoms with Gasteiger partial charge >= 0.3 is 0 Å². The number of aliphatic hydroxyl groups excluding tert-OH is 1. The highest BCUT2D eigenvalue weighted by Gasteiger charge is 2.10. The Labute approximate surface area is 80.0 Å². The van der Waals surface area contributed by atoms with Crippen molar-refractivity contribution in [3.63, 3.8) is 0 Å². The van der Waals surface area contributed by atoms with Crippen molar-refractivity contribution in [1.82, 2.24) is 4.98 Å². The molecule has 3 N–H and O–H groups in total. The molecular weight excluding hydrogens is 192 g/mol. The fraction of sp³-hybridized carbons (Fsp3) is 0.571. The van der Waals surface area contributed by atoms with E-state index >= 15 is 0 Å². The monoisotopic (exact) mass is 204 g/mol. The molecular formula is C7H12N2OS2. The maximum absolute atomic E-state index is 9.49. The fourth-order valence-corrected chi connectivity index (χ4v) is 2.22. The second kappa shape index (κ2) is 4.81. The van der Waals surface area contributed by atoms with E-state index in [0.717, 1.165) is 9.22 Å². The lowest BCUT2D eigenvalue weighted by atomic mass is 10.3. The topological polar surface area (TPSA) is 59.1 Å². The molecule has 5 heteroatoms. The van der Waals surface area contributed by atoms with Crippen LogP contribution < -0.4 is 5.73 Å². The molecule has 1 unspecified atom stereocenters. The first-order valence-electron chi connectivity index (χ1n) is 3.65. The van der Waals surface area contributed by atoms with Gasteiger partial charge in [0.1, 0.15) is 11.1 Å². The molecule has 1 heterocycles. The minimum Gasteiger partial charge on any atom is -0.386 e. The highest BCUT2D eigenvalue weighted by molar-refractivity contribution is 8.00. The molecule has 0 aliphatic heterocycles. The van der Waals surface area contributed by atoms with E-state index in [2.05, 4.69) is 4.98 Å². The summed E-state index contributed by atoms with van der Waals surface area (Å²) in [6.45, 7) is 0.495. The van der Waals surface area contributed by atoms with Gasteiger partial charge in [0.05, 0.1) is 10.4 Å². The molecule has 0 amide bonds. The molecule has 0 aromatic carbocycles. The van der Waals surface area contributed by atoms with Crippen LogP contribution in [0.15, 0.2) is 10.4 Å². The molecule has 1 atom stereocenters. The zero-order valence-corrected chi connectivity index (χ0v) is 8.49. The highest BCUT2D eigenvalue weighted by atomic mass is 32.2. The van der Waals surface area contributed by atoms with Crippen LogP contribution in [0.1, 0.15) is 17.5 Å². The van der Waals surface area contributed by atoms with E-state index in [1.807, 2.05) is 6.26 Å². The molecule has 0 spiro atoms. The number of hydrogen-bond donors (Lipinski definition) is 2. The standard InChI is InChI=1S/C7H12N2OS2/c1-11-6-4-9-7(12-6)5(10)2-3-8/h4-5,10H,2-3,8H2,1H3. The summed E-state index contributed by atoms with van der Waals surface area (Å²) in [5.74, 6) is 0. The van der Waals surface area contributed by atoms with Crippen LogP contribution in [0.3, 0.4) is 0 Å². The Kier molecular flexibility index (Phi) is 4.00. The Bertz CT molecular complexity index is 239. The lowest BCUT2D eigenvalue weighted by Gasteiger charge is -2.03. The third-order valence-electron chi connectivity index (χ3n) is 1.43. The van der Waals surface area contributed by atoms with Crippen LogP contribution in [0.2, 0.25) is 0 Å². The average molecular weight is 204 g/mol. The van der Waals surface area contributed by atoms with E-state index < -0.39 is 6.10 Å². The van der Waals surface area contributed by atoms with Crippen molar-refractivity contribution < 1.29 is 5.11 Å². The molecule has 0 radical (unpaired) electrons. The van der Waals surface area contributed by atoms with E-state index in [-0.39, 0.29) is 0 Å². The third kappa shape index (κ3) is 2.45. The summed E-state index contributed by atoms with van der Waals surface area (Å²) in [6, 6.07) is 0. The van der Waals surface area contributed by atoms with E-state index in [9.17, 15) is 5.11 Å². The van der Waals surface area contributed by atoms with Gasteiger partial charge in [-0.15, -0.1) is 23.1 Å². The summed E-state index contributed by atoms with van der Waals surface area (Å²) < 4.78 is 1.13. The Morgan fingerprint density at radius 1 is 1.83 bits per heavy atom.